The van der Waals surface area contributed by atoms with Gasteiger partial charge in [0.05, 0.1) is 0 Å². The summed E-state index contributed by atoms with van der Waals surface area (Å²) >= 11 is 1.76. The van der Waals surface area contributed by atoms with E-state index in [1.165, 1.54) is 10.7 Å². The molecule has 0 saturated carbocycles. The molecule has 2 aromatic rings. The van der Waals surface area contributed by atoms with Gasteiger partial charge in [0.15, 0.2) is 0 Å². The van der Waals surface area contributed by atoms with Gasteiger partial charge in [-0.25, -0.2) is 4.98 Å². The Morgan fingerprint density at radius 1 is 1.23 bits per heavy atom. The van der Waals surface area contributed by atoms with Gasteiger partial charge in [-0.15, -0.1) is 11.8 Å². The number of piperidine rings is 1. The first-order valence-electron chi connectivity index (χ1n) is 9.60. The number of benzene rings is 1. The van der Waals surface area contributed by atoms with E-state index in [2.05, 4.69) is 46.6 Å². The van der Waals surface area contributed by atoms with Crippen LogP contribution < -0.4 is 0 Å². The van der Waals surface area contributed by atoms with E-state index in [1.807, 2.05) is 24.4 Å². The molecule has 0 aliphatic carbocycles. The Morgan fingerprint density at radius 3 is 2.65 bits per heavy atom. The number of hydrogen-bond acceptors (Lipinski definition) is 3. The van der Waals surface area contributed by atoms with Crippen molar-refractivity contribution in [2.75, 3.05) is 18.8 Å². The molecule has 1 aromatic carbocycles. The molecule has 140 valence electrons. The van der Waals surface area contributed by atoms with Gasteiger partial charge in [-0.1, -0.05) is 32.0 Å². The molecule has 5 heteroatoms. The summed E-state index contributed by atoms with van der Waals surface area (Å²) in [5.41, 5.74) is 0. The average Bonchev–Trinajstić information content (AvgIpc) is 3.11. The summed E-state index contributed by atoms with van der Waals surface area (Å²) in [5.74, 6) is 3.42. The van der Waals surface area contributed by atoms with Gasteiger partial charge in [0.2, 0.25) is 5.91 Å². The Hall–Kier alpha value is -1.75. The molecule has 1 aliphatic heterocycles. The minimum Gasteiger partial charge on any atom is -0.343 e. The summed E-state index contributed by atoms with van der Waals surface area (Å²) in [5, 5.41) is 0. The Balaban J connectivity index is 1.40. The SMILES string of the molecule is CC(C)c1nccn1CC1CCN(C(=O)CCSc2ccccc2)CC1. The monoisotopic (exact) mass is 371 g/mol. The van der Waals surface area contributed by atoms with Crippen LogP contribution in [0.3, 0.4) is 0 Å². The highest BCUT2D eigenvalue weighted by atomic mass is 32.2. The van der Waals surface area contributed by atoms with Crippen molar-refractivity contribution < 1.29 is 4.79 Å². The lowest BCUT2D eigenvalue weighted by atomic mass is 9.96. The first-order chi connectivity index (χ1) is 12.6. The molecule has 1 amide bonds. The van der Waals surface area contributed by atoms with Crippen LogP contribution >= 0.6 is 11.8 Å². The minimum atomic E-state index is 0.303. The van der Waals surface area contributed by atoms with Crippen molar-refractivity contribution >= 4 is 17.7 Å². The number of likely N-dealkylation sites (tertiary alicyclic amines) is 1. The number of hydrogen-bond donors (Lipinski definition) is 0. The number of carbonyl (C=O) groups is 1. The van der Waals surface area contributed by atoms with E-state index < -0.39 is 0 Å². The highest BCUT2D eigenvalue weighted by Gasteiger charge is 2.23. The van der Waals surface area contributed by atoms with Crippen LogP contribution in [0.5, 0.6) is 0 Å². The molecule has 2 heterocycles. The van der Waals surface area contributed by atoms with Crippen LogP contribution in [-0.2, 0) is 11.3 Å². The molecule has 0 bridgehead atoms. The predicted octanol–water partition coefficient (Wildman–Crippen LogP) is 4.43. The third kappa shape index (κ3) is 5.13. The number of amides is 1. The molecule has 1 fully saturated rings. The summed E-state index contributed by atoms with van der Waals surface area (Å²) < 4.78 is 2.29. The summed E-state index contributed by atoms with van der Waals surface area (Å²) in [7, 11) is 0. The van der Waals surface area contributed by atoms with Gasteiger partial charge in [0.1, 0.15) is 5.82 Å². The highest BCUT2D eigenvalue weighted by Crippen LogP contribution is 2.23. The van der Waals surface area contributed by atoms with Gasteiger partial charge in [-0.2, -0.15) is 0 Å². The third-order valence-corrected chi connectivity index (χ3v) is 6.03. The van der Waals surface area contributed by atoms with Gasteiger partial charge >= 0.3 is 0 Å². The van der Waals surface area contributed by atoms with Crippen LogP contribution in [0.4, 0.5) is 0 Å². The van der Waals surface area contributed by atoms with E-state index in [0.717, 1.165) is 38.2 Å². The van der Waals surface area contributed by atoms with Crippen molar-refractivity contribution in [2.45, 2.75) is 50.5 Å². The van der Waals surface area contributed by atoms with E-state index in [-0.39, 0.29) is 0 Å². The fraction of sp³-hybridized carbons (Fsp3) is 0.524. The number of rotatable bonds is 7. The van der Waals surface area contributed by atoms with Gasteiger partial charge in [0.25, 0.3) is 0 Å². The smallest absolute Gasteiger partial charge is 0.223 e. The number of imidazole rings is 1. The van der Waals surface area contributed by atoms with Crippen LogP contribution in [0.2, 0.25) is 0 Å². The van der Waals surface area contributed by atoms with Crippen molar-refractivity contribution in [1.29, 1.82) is 0 Å². The standard InChI is InChI=1S/C21H29N3OS/c1-17(2)21-22-11-14-24(21)16-18-8-12-23(13-9-18)20(25)10-15-26-19-6-4-3-5-7-19/h3-7,11,14,17-18H,8-10,12-13,15-16H2,1-2H3. The molecule has 1 aliphatic rings. The summed E-state index contributed by atoms with van der Waals surface area (Å²) in [6, 6.07) is 10.3. The second-order valence-corrected chi connectivity index (χ2v) is 8.50. The second kappa shape index (κ2) is 9.26. The van der Waals surface area contributed by atoms with Crippen LogP contribution in [-0.4, -0.2) is 39.2 Å². The van der Waals surface area contributed by atoms with Crippen molar-refractivity contribution in [3.8, 4) is 0 Å². The quantitative estimate of drug-likeness (QED) is 0.676. The summed E-state index contributed by atoms with van der Waals surface area (Å²) in [6.07, 6.45) is 6.80. The number of thioether (sulfide) groups is 1. The molecular formula is C21H29N3OS. The second-order valence-electron chi connectivity index (χ2n) is 7.33. The zero-order valence-corrected chi connectivity index (χ0v) is 16.6. The van der Waals surface area contributed by atoms with Crippen LogP contribution in [0.1, 0.15) is 44.9 Å². The molecule has 0 spiro atoms. The topological polar surface area (TPSA) is 38.1 Å². The van der Waals surface area contributed by atoms with Gasteiger partial charge in [0, 0.05) is 55.0 Å². The molecule has 1 saturated heterocycles. The van der Waals surface area contributed by atoms with Crippen molar-refractivity contribution in [3.05, 3.63) is 48.5 Å². The summed E-state index contributed by atoms with van der Waals surface area (Å²) in [6.45, 7) is 7.19. The lowest BCUT2D eigenvalue weighted by Crippen LogP contribution is -2.39. The van der Waals surface area contributed by atoms with Crippen molar-refractivity contribution in [2.24, 2.45) is 5.92 Å². The molecule has 4 nitrogen and oxygen atoms in total. The Labute approximate surface area is 161 Å². The number of nitrogens with zero attached hydrogens (tertiary/aromatic N) is 3. The Bertz CT molecular complexity index is 690. The molecule has 0 N–H and O–H groups in total. The van der Waals surface area contributed by atoms with Crippen LogP contribution in [0.25, 0.3) is 0 Å². The van der Waals surface area contributed by atoms with E-state index >= 15 is 0 Å². The average molecular weight is 372 g/mol. The fourth-order valence-corrected chi connectivity index (χ4v) is 4.41. The van der Waals surface area contributed by atoms with Crippen LogP contribution in [0, 0.1) is 5.92 Å². The molecule has 0 unspecified atom stereocenters. The van der Waals surface area contributed by atoms with E-state index in [0.29, 0.717) is 24.2 Å². The maximum Gasteiger partial charge on any atom is 0.223 e. The molecular weight excluding hydrogens is 342 g/mol. The Morgan fingerprint density at radius 2 is 1.96 bits per heavy atom. The zero-order chi connectivity index (χ0) is 18.4. The summed E-state index contributed by atoms with van der Waals surface area (Å²) in [4.78, 5) is 20.2. The van der Waals surface area contributed by atoms with E-state index in [4.69, 9.17) is 0 Å². The largest absolute Gasteiger partial charge is 0.343 e. The van der Waals surface area contributed by atoms with Crippen molar-refractivity contribution in [3.63, 3.8) is 0 Å². The lowest BCUT2D eigenvalue weighted by Gasteiger charge is -2.32. The maximum atomic E-state index is 12.5. The molecule has 1 aromatic heterocycles. The predicted molar refractivity (Wildman–Crippen MR) is 107 cm³/mol. The lowest BCUT2D eigenvalue weighted by molar-refractivity contribution is -0.132. The first-order valence-corrected chi connectivity index (χ1v) is 10.6. The van der Waals surface area contributed by atoms with Gasteiger partial charge in [-0.3, -0.25) is 4.79 Å². The molecule has 0 radical (unpaired) electrons. The Kier molecular flexibility index (Phi) is 6.78. The first kappa shape index (κ1) is 19.0. The van der Waals surface area contributed by atoms with Crippen LogP contribution in [0.15, 0.2) is 47.6 Å². The highest BCUT2D eigenvalue weighted by molar-refractivity contribution is 7.99. The fourth-order valence-electron chi connectivity index (χ4n) is 3.55. The van der Waals surface area contributed by atoms with Crippen molar-refractivity contribution in [1.82, 2.24) is 14.5 Å². The molecule has 26 heavy (non-hydrogen) atoms. The van der Waals surface area contributed by atoms with E-state index in [1.54, 1.807) is 11.8 Å². The number of aromatic nitrogens is 2. The van der Waals surface area contributed by atoms with Gasteiger partial charge < -0.3 is 9.47 Å². The van der Waals surface area contributed by atoms with E-state index in [9.17, 15) is 4.79 Å². The minimum absolute atomic E-state index is 0.303. The number of carbonyl (C=O) groups excluding carboxylic acids is 1. The maximum absolute atomic E-state index is 12.5. The van der Waals surface area contributed by atoms with Gasteiger partial charge in [-0.05, 0) is 30.9 Å². The third-order valence-electron chi connectivity index (χ3n) is 5.01. The molecule has 3 rings (SSSR count). The molecule has 0 atom stereocenters. The normalized spacial score (nSPS) is 15.6. The zero-order valence-electron chi connectivity index (χ0n) is 15.8.